The summed E-state index contributed by atoms with van der Waals surface area (Å²) in [5.41, 5.74) is 1.07. The van der Waals surface area contributed by atoms with E-state index >= 15 is 0 Å². The van der Waals surface area contributed by atoms with Crippen molar-refractivity contribution >= 4 is 27.6 Å². The molecule has 3 aromatic rings. The Bertz CT molecular complexity index is 1310. The molecular formula is C26H27FN2O5S. The lowest BCUT2D eigenvalue weighted by Crippen LogP contribution is -2.38. The minimum Gasteiger partial charge on any atom is -0.379 e. The van der Waals surface area contributed by atoms with Crippen molar-refractivity contribution < 1.29 is 26.6 Å². The Labute approximate surface area is 204 Å². The number of amides is 2. The quantitative estimate of drug-likeness (QED) is 0.420. The molecule has 7 nitrogen and oxygen atoms in total. The molecule has 9 heteroatoms. The fourth-order valence-corrected chi connectivity index (χ4v) is 4.34. The zero-order valence-corrected chi connectivity index (χ0v) is 20.5. The van der Waals surface area contributed by atoms with Gasteiger partial charge in [0.1, 0.15) is 16.5 Å². The Morgan fingerprint density at radius 3 is 2.34 bits per heavy atom. The van der Waals surface area contributed by atoms with Crippen LogP contribution in [0.3, 0.4) is 0 Å². The van der Waals surface area contributed by atoms with Gasteiger partial charge < -0.3 is 14.4 Å². The molecule has 0 aromatic heterocycles. The van der Waals surface area contributed by atoms with Crippen molar-refractivity contribution in [3.8, 4) is 5.75 Å². The van der Waals surface area contributed by atoms with Crippen molar-refractivity contribution in [1.29, 1.82) is 0 Å². The molecule has 0 saturated heterocycles. The third-order valence-corrected chi connectivity index (χ3v) is 6.67. The molecule has 0 fully saturated rings. The summed E-state index contributed by atoms with van der Waals surface area (Å²) in [7, 11) is -4.13. The Hall–Kier alpha value is -3.72. The summed E-state index contributed by atoms with van der Waals surface area (Å²) in [4.78, 5) is 25.7. The highest BCUT2D eigenvalue weighted by molar-refractivity contribution is 7.87. The first-order valence-electron chi connectivity index (χ1n) is 11.1. The molecule has 1 N–H and O–H groups in total. The smallest absolute Gasteiger partial charge is 0.339 e. The summed E-state index contributed by atoms with van der Waals surface area (Å²) in [5, 5.41) is 2.57. The molecule has 0 heterocycles. The zero-order chi connectivity index (χ0) is 25.6. The van der Waals surface area contributed by atoms with Crippen molar-refractivity contribution in [3.63, 3.8) is 0 Å². The second-order valence-electron chi connectivity index (χ2n) is 8.06. The molecule has 0 radical (unpaired) electrons. The summed E-state index contributed by atoms with van der Waals surface area (Å²) in [5.74, 6) is -1.24. The van der Waals surface area contributed by atoms with Crippen LogP contribution in [0, 0.1) is 5.82 Å². The number of hydrogen-bond donors (Lipinski definition) is 1. The van der Waals surface area contributed by atoms with Crippen LogP contribution in [-0.4, -0.2) is 31.2 Å². The van der Waals surface area contributed by atoms with Crippen molar-refractivity contribution in [2.24, 2.45) is 0 Å². The van der Waals surface area contributed by atoms with E-state index in [4.69, 9.17) is 4.18 Å². The molecule has 0 aliphatic rings. The normalized spacial score (nSPS) is 12.0. The molecule has 0 aliphatic carbocycles. The number of halogens is 1. The van der Waals surface area contributed by atoms with E-state index in [9.17, 15) is 22.4 Å². The van der Waals surface area contributed by atoms with Gasteiger partial charge in [0.05, 0.1) is 5.56 Å². The van der Waals surface area contributed by atoms with E-state index in [1.165, 1.54) is 61.5 Å². The average Bonchev–Trinajstić information content (AvgIpc) is 2.82. The third-order valence-electron chi connectivity index (χ3n) is 5.41. The number of rotatable bonds is 9. The molecule has 0 spiro atoms. The van der Waals surface area contributed by atoms with Crippen LogP contribution in [0.1, 0.15) is 43.1 Å². The standard InChI is InChI=1S/C26H27FN2O5S/c1-4-18(2)29(26(31)24-10-5-6-11-25(24)27)17-20-8-7-9-22(16-20)34-35(32,33)23-14-12-21(13-15-23)28-19(3)30/h5-16,18H,4,17H2,1-3H3,(H,28,30)/t18-/m1/s1. The predicted octanol–water partition coefficient (Wildman–Crippen LogP) is 4.99. The molecule has 2 amide bonds. The molecule has 1 atom stereocenters. The monoisotopic (exact) mass is 498 g/mol. The van der Waals surface area contributed by atoms with Crippen LogP contribution in [0.15, 0.2) is 77.7 Å². The summed E-state index contributed by atoms with van der Waals surface area (Å²) < 4.78 is 45.0. The highest BCUT2D eigenvalue weighted by Gasteiger charge is 2.24. The lowest BCUT2D eigenvalue weighted by Gasteiger charge is -2.29. The van der Waals surface area contributed by atoms with Gasteiger partial charge in [-0.15, -0.1) is 0 Å². The van der Waals surface area contributed by atoms with Crippen molar-refractivity contribution in [1.82, 2.24) is 4.90 Å². The lowest BCUT2D eigenvalue weighted by atomic mass is 10.1. The number of nitrogens with one attached hydrogen (secondary N) is 1. The molecule has 0 unspecified atom stereocenters. The maximum absolute atomic E-state index is 14.2. The van der Waals surface area contributed by atoms with Crippen LogP contribution in [-0.2, 0) is 21.5 Å². The molecule has 0 aliphatic heterocycles. The number of nitrogens with zero attached hydrogens (tertiary/aromatic N) is 1. The Morgan fingerprint density at radius 1 is 1.03 bits per heavy atom. The number of anilines is 1. The van der Waals surface area contributed by atoms with Gasteiger partial charge >= 0.3 is 10.1 Å². The van der Waals surface area contributed by atoms with Crippen molar-refractivity contribution in [2.45, 2.75) is 44.7 Å². The van der Waals surface area contributed by atoms with Crippen molar-refractivity contribution in [3.05, 3.63) is 89.7 Å². The van der Waals surface area contributed by atoms with Crippen LogP contribution in [0.5, 0.6) is 5.75 Å². The molecule has 0 saturated carbocycles. The van der Waals surface area contributed by atoms with Crippen LogP contribution in [0.25, 0.3) is 0 Å². The van der Waals surface area contributed by atoms with Gasteiger partial charge in [-0.1, -0.05) is 31.2 Å². The van der Waals surface area contributed by atoms with E-state index in [1.54, 1.807) is 23.1 Å². The number of carbonyl (C=O) groups excluding carboxylic acids is 2. The maximum atomic E-state index is 14.2. The third kappa shape index (κ3) is 6.66. The maximum Gasteiger partial charge on any atom is 0.339 e. The van der Waals surface area contributed by atoms with E-state index in [-0.39, 0.29) is 34.7 Å². The van der Waals surface area contributed by atoms with Gasteiger partial charge in [0.25, 0.3) is 5.91 Å². The molecule has 184 valence electrons. The fraction of sp³-hybridized carbons (Fsp3) is 0.231. The van der Waals surface area contributed by atoms with Gasteiger partial charge in [-0.05, 0) is 67.4 Å². The number of hydrogen-bond acceptors (Lipinski definition) is 5. The first kappa shape index (κ1) is 25.9. The zero-order valence-electron chi connectivity index (χ0n) is 19.7. The summed E-state index contributed by atoms with van der Waals surface area (Å²) in [6, 6.07) is 17.6. The molecule has 0 bridgehead atoms. The minimum atomic E-state index is -4.13. The minimum absolute atomic E-state index is 0.0227. The van der Waals surface area contributed by atoms with Gasteiger partial charge in [-0.3, -0.25) is 9.59 Å². The van der Waals surface area contributed by atoms with Crippen molar-refractivity contribution in [2.75, 3.05) is 5.32 Å². The highest BCUT2D eigenvalue weighted by Crippen LogP contribution is 2.23. The first-order valence-corrected chi connectivity index (χ1v) is 12.5. The molecule has 3 aromatic carbocycles. The highest BCUT2D eigenvalue weighted by atomic mass is 32.2. The van der Waals surface area contributed by atoms with Gasteiger partial charge in [0.2, 0.25) is 5.91 Å². The van der Waals surface area contributed by atoms with Crippen LogP contribution < -0.4 is 9.50 Å². The second-order valence-corrected chi connectivity index (χ2v) is 9.61. The first-order chi connectivity index (χ1) is 16.6. The number of carbonyl (C=O) groups is 2. The van der Waals surface area contributed by atoms with Crippen LogP contribution in [0.2, 0.25) is 0 Å². The predicted molar refractivity (Wildman–Crippen MR) is 131 cm³/mol. The Balaban J connectivity index is 1.81. The van der Waals surface area contributed by atoms with E-state index < -0.39 is 21.8 Å². The van der Waals surface area contributed by atoms with Gasteiger partial charge in [-0.25, -0.2) is 4.39 Å². The molecule has 3 rings (SSSR count). The van der Waals surface area contributed by atoms with Crippen LogP contribution >= 0.6 is 0 Å². The Kier molecular flexibility index (Phi) is 8.24. The number of benzene rings is 3. The summed E-state index contributed by atoms with van der Waals surface area (Å²) in [6.07, 6.45) is 0.652. The van der Waals surface area contributed by atoms with E-state index in [1.807, 2.05) is 13.8 Å². The lowest BCUT2D eigenvalue weighted by molar-refractivity contribution is -0.114. The Morgan fingerprint density at radius 2 is 1.71 bits per heavy atom. The largest absolute Gasteiger partial charge is 0.379 e. The fourth-order valence-electron chi connectivity index (χ4n) is 3.41. The SMILES string of the molecule is CC[C@@H](C)N(Cc1cccc(OS(=O)(=O)c2ccc(NC(C)=O)cc2)c1)C(=O)c1ccccc1F. The van der Waals surface area contributed by atoms with Gasteiger partial charge in [0, 0.05) is 25.2 Å². The topological polar surface area (TPSA) is 92.8 Å². The van der Waals surface area contributed by atoms with E-state index in [0.717, 1.165) is 0 Å². The summed E-state index contributed by atoms with van der Waals surface area (Å²) in [6.45, 7) is 5.29. The van der Waals surface area contributed by atoms with Gasteiger partial charge in [-0.2, -0.15) is 8.42 Å². The average molecular weight is 499 g/mol. The van der Waals surface area contributed by atoms with E-state index in [2.05, 4.69) is 5.32 Å². The second kappa shape index (κ2) is 11.1. The summed E-state index contributed by atoms with van der Waals surface area (Å²) >= 11 is 0. The molecular weight excluding hydrogens is 471 g/mol. The molecule has 35 heavy (non-hydrogen) atoms. The van der Waals surface area contributed by atoms with Gasteiger partial charge in [0.15, 0.2) is 0 Å². The van der Waals surface area contributed by atoms with Crippen LogP contribution in [0.4, 0.5) is 10.1 Å². The van der Waals surface area contributed by atoms with E-state index in [0.29, 0.717) is 17.7 Å².